The first kappa shape index (κ1) is 42.9. The Morgan fingerprint density at radius 1 is 0.463 bits per heavy atom. The first-order valence-electron chi connectivity index (χ1n) is 21.2. The highest BCUT2D eigenvalue weighted by atomic mass is 16.7. The van der Waals surface area contributed by atoms with Gasteiger partial charge in [0.1, 0.15) is 0 Å². The number of benzene rings is 3. The molecule has 6 nitrogen and oxygen atoms in total. The van der Waals surface area contributed by atoms with Crippen LogP contribution in [0, 0.1) is 23.7 Å². The number of rotatable bonds is 18. The minimum atomic E-state index is -0.482. The molecule has 0 amide bonds. The fraction of sp³-hybridized carbons (Fsp3) is 0.696. The van der Waals surface area contributed by atoms with E-state index < -0.39 is 36.6 Å². The number of hydrogen-bond acceptors (Lipinski definition) is 6. The Bertz CT molecular complexity index is 1560. The predicted octanol–water partition coefficient (Wildman–Crippen LogP) is 11.1. The molecular weight excluding hydrogens is 670 g/mol. The Hall–Kier alpha value is -2.25. The fourth-order valence-electron chi connectivity index (χ4n) is 7.51. The SMILES string of the molecule is CC(C)CCC[C@H](C)CCOc1c(OCC[C@@H](C)CCCC(C)C)c2ccc(B3OC(C)(C)C(C)(C)O3)cc2c2cc(B3OC(C)(C)C(C)(C)O3)ccc12. The molecule has 8 heteroatoms. The van der Waals surface area contributed by atoms with Gasteiger partial charge in [0, 0.05) is 10.8 Å². The Kier molecular flexibility index (Phi) is 13.6. The molecule has 2 heterocycles. The smallest absolute Gasteiger partial charge is 0.489 e. The fourth-order valence-corrected chi connectivity index (χ4v) is 7.51. The zero-order valence-corrected chi connectivity index (χ0v) is 36.4. The zero-order chi connectivity index (χ0) is 39.6. The molecule has 0 bridgehead atoms. The molecule has 0 saturated carbocycles. The van der Waals surface area contributed by atoms with E-state index >= 15 is 0 Å². The molecule has 3 aromatic carbocycles. The van der Waals surface area contributed by atoms with Gasteiger partial charge in [0.05, 0.1) is 35.6 Å². The summed E-state index contributed by atoms with van der Waals surface area (Å²) in [6.45, 7) is 32.0. The lowest BCUT2D eigenvalue weighted by Crippen LogP contribution is -2.41. The van der Waals surface area contributed by atoms with Crippen molar-refractivity contribution in [1.82, 2.24) is 0 Å². The Morgan fingerprint density at radius 2 is 0.796 bits per heavy atom. The third-order valence-electron chi connectivity index (χ3n) is 12.8. The number of ether oxygens (including phenoxy) is 2. The third-order valence-corrected chi connectivity index (χ3v) is 12.8. The molecule has 0 N–H and O–H groups in total. The lowest BCUT2D eigenvalue weighted by atomic mass is 9.76. The van der Waals surface area contributed by atoms with Gasteiger partial charge in [-0.2, -0.15) is 0 Å². The van der Waals surface area contributed by atoms with Crippen molar-refractivity contribution in [2.24, 2.45) is 23.7 Å². The van der Waals surface area contributed by atoms with Crippen LogP contribution in [0.5, 0.6) is 11.5 Å². The van der Waals surface area contributed by atoms with Crippen molar-refractivity contribution in [3.05, 3.63) is 36.4 Å². The van der Waals surface area contributed by atoms with E-state index in [9.17, 15) is 0 Å². The van der Waals surface area contributed by atoms with Gasteiger partial charge in [-0.25, -0.2) is 0 Å². The van der Waals surface area contributed by atoms with Crippen LogP contribution in [-0.4, -0.2) is 49.9 Å². The minimum absolute atomic E-state index is 0.442. The molecule has 2 aliphatic heterocycles. The standard InChI is InChI=1S/C46H72B2O6/c1-31(2)17-15-19-33(5)25-27-49-41-37-23-21-35(47-51-43(7,8)44(9,10)52-47)29-39(37)40-30-36(48-53-45(11,12)46(13,14)54-48)22-24-38(40)42(41)50-28-26-34(6)20-16-18-32(3)4/h21-24,29-34H,15-20,25-28H2,1-14H3/t33-,34-/m0/s1. The molecule has 0 aliphatic carbocycles. The van der Waals surface area contributed by atoms with E-state index in [-0.39, 0.29) is 0 Å². The number of hydrogen-bond donors (Lipinski definition) is 0. The van der Waals surface area contributed by atoms with Crippen molar-refractivity contribution in [1.29, 1.82) is 0 Å². The molecule has 2 saturated heterocycles. The predicted molar refractivity (Wildman–Crippen MR) is 229 cm³/mol. The molecule has 0 unspecified atom stereocenters. The topological polar surface area (TPSA) is 55.4 Å². The molecule has 2 fully saturated rings. The van der Waals surface area contributed by atoms with Gasteiger partial charge in [-0.05, 0) is 114 Å². The van der Waals surface area contributed by atoms with Gasteiger partial charge in [0.25, 0.3) is 0 Å². The zero-order valence-electron chi connectivity index (χ0n) is 36.4. The van der Waals surface area contributed by atoms with Crippen LogP contribution in [0.15, 0.2) is 36.4 Å². The van der Waals surface area contributed by atoms with Crippen LogP contribution < -0.4 is 20.4 Å². The van der Waals surface area contributed by atoms with Gasteiger partial charge in [-0.3, -0.25) is 0 Å². The first-order chi connectivity index (χ1) is 25.2. The summed E-state index contributed by atoms with van der Waals surface area (Å²) in [4.78, 5) is 0. The summed E-state index contributed by atoms with van der Waals surface area (Å²) in [5.41, 5.74) is 0.198. The van der Waals surface area contributed by atoms with Gasteiger partial charge >= 0.3 is 14.2 Å². The second-order valence-electron chi connectivity index (χ2n) is 19.6. The molecule has 0 aromatic heterocycles. The second kappa shape index (κ2) is 17.1. The van der Waals surface area contributed by atoms with E-state index in [4.69, 9.17) is 28.1 Å². The van der Waals surface area contributed by atoms with Crippen molar-refractivity contribution in [3.63, 3.8) is 0 Å². The van der Waals surface area contributed by atoms with Gasteiger partial charge < -0.3 is 28.1 Å². The van der Waals surface area contributed by atoms with Crippen LogP contribution in [0.4, 0.5) is 0 Å². The van der Waals surface area contributed by atoms with Crippen LogP contribution in [-0.2, 0) is 18.6 Å². The van der Waals surface area contributed by atoms with E-state index in [0.717, 1.165) is 68.6 Å². The summed E-state index contributed by atoms with van der Waals surface area (Å²) in [7, 11) is -0.963. The molecule has 5 rings (SSSR count). The largest absolute Gasteiger partial charge is 0.494 e. The lowest BCUT2D eigenvalue weighted by Gasteiger charge is -2.32. The second-order valence-corrected chi connectivity index (χ2v) is 19.6. The molecule has 2 aliphatic rings. The monoisotopic (exact) mass is 743 g/mol. The van der Waals surface area contributed by atoms with Crippen molar-refractivity contribution < 1.29 is 28.1 Å². The maximum atomic E-state index is 6.88. The average molecular weight is 743 g/mol. The summed E-state index contributed by atoms with van der Waals surface area (Å²) >= 11 is 0. The van der Waals surface area contributed by atoms with E-state index in [1.165, 1.54) is 38.5 Å². The van der Waals surface area contributed by atoms with E-state index in [2.05, 4.69) is 133 Å². The highest BCUT2D eigenvalue weighted by Gasteiger charge is 2.53. The number of fused-ring (bicyclic) bond motifs is 3. The normalized spacial score (nSPS) is 20.1. The van der Waals surface area contributed by atoms with Gasteiger partial charge in [0.15, 0.2) is 11.5 Å². The van der Waals surface area contributed by atoms with Crippen molar-refractivity contribution in [2.75, 3.05) is 13.2 Å². The van der Waals surface area contributed by atoms with E-state index in [1.54, 1.807) is 0 Å². The van der Waals surface area contributed by atoms with E-state index in [1.807, 2.05) is 0 Å². The lowest BCUT2D eigenvalue weighted by molar-refractivity contribution is 0.00578. The van der Waals surface area contributed by atoms with Crippen LogP contribution >= 0.6 is 0 Å². The molecule has 54 heavy (non-hydrogen) atoms. The summed E-state index contributed by atoms with van der Waals surface area (Å²) < 4.78 is 40.0. The van der Waals surface area contributed by atoms with Crippen molar-refractivity contribution >= 4 is 46.7 Å². The van der Waals surface area contributed by atoms with Crippen LogP contribution in [0.1, 0.15) is 148 Å². The summed E-state index contributed by atoms with van der Waals surface area (Å²) in [6.07, 6.45) is 9.49. The van der Waals surface area contributed by atoms with E-state index in [0.29, 0.717) is 25.0 Å². The molecular formula is C46H72B2O6. The molecule has 3 aromatic rings. The molecule has 298 valence electrons. The van der Waals surface area contributed by atoms with Gasteiger partial charge in [0.2, 0.25) is 0 Å². The highest BCUT2D eigenvalue weighted by molar-refractivity contribution is 6.63. The quantitative estimate of drug-likeness (QED) is 0.0956. The maximum Gasteiger partial charge on any atom is 0.494 e. The summed E-state index contributed by atoms with van der Waals surface area (Å²) in [5, 5.41) is 4.21. The average Bonchev–Trinajstić information content (AvgIpc) is 3.44. The molecule has 0 spiro atoms. The Morgan fingerprint density at radius 3 is 1.11 bits per heavy atom. The third kappa shape index (κ3) is 9.82. The van der Waals surface area contributed by atoms with Gasteiger partial charge in [-0.15, -0.1) is 0 Å². The first-order valence-corrected chi connectivity index (χ1v) is 21.2. The Balaban J connectivity index is 1.57. The van der Waals surface area contributed by atoms with Crippen molar-refractivity contribution in [3.8, 4) is 11.5 Å². The maximum absolute atomic E-state index is 6.88. The molecule has 2 atom stereocenters. The van der Waals surface area contributed by atoms with Gasteiger partial charge in [-0.1, -0.05) is 116 Å². The van der Waals surface area contributed by atoms with Crippen LogP contribution in [0.25, 0.3) is 21.5 Å². The van der Waals surface area contributed by atoms with Crippen molar-refractivity contribution in [2.45, 2.75) is 171 Å². The minimum Gasteiger partial charge on any atom is -0.489 e. The van der Waals surface area contributed by atoms with Crippen LogP contribution in [0.2, 0.25) is 0 Å². The summed E-state index contributed by atoms with van der Waals surface area (Å²) in [5.74, 6) is 4.30. The highest BCUT2D eigenvalue weighted by Crippen LogP contribution is 2.45. The summed E-state index contributed by atoms with van der Waals surface area (Å²) in [6, 6.07) is 13.1. The molecule has 0 radical (unpaired) electrons. The van der Waals surface area contributed by atoms with Crippen LogP contribution in [0.3, 0.4) is 0 Å². The Labute approximate surface area is 329 Å².